The quantitative estimate of drug-likeness (QED) is 0.264. The summed E-state index contributed by atoms with van der Waals surface area (Å²) in [6, 6.07) is 18.4. The van der Waals surface area contributed by atoms with Crippen molar-refractivity contribution in [3.8, 4) is 5.75 Å². The fraction of sp³-hybridized carbons (Fsp3) is 0.304. The number of guanidine groups is 1. The van der Waals surface area contributed by atoms with E-state index in [1.807, 2.05) is 49.9 Å². The predicted octanol–water partition coefficient (Wildman–Crippen LogP) is 4.03. The number of hydrogen-bond acceptors (Lipinski definition) is 3. The zero-order chi connectivity index (χ0) is 20.3. The highest BCUT2D eigenvalue weighted by Gasteiger charge is 2.06. The van der Waals surface area contributed by atoms with Crippen molar-refractivity contribution in [2.24, 2.45) is 4.99 Å². The highest BCUT2D eigenvalue weighted by atomic mass is 127. The minimum absolute atomic E-state index is 0. The van der Waals surface area contributed by atoms with Gasteiger partial charge >= 0.3 is 0 Å². The average Bonchev–Trinajstić information content (AvgIpc) is 3.25. The van der Waals surface area contributed by atoms with Crippen LogP contribution in [0.1, 0.15) is 18.1 Å². The Labute approximate surface area is 196 Å². The molecule has 0 aliphatic rings. The SMILES string of the molecule is CCNC(=NCc1cccc(Cn2ccnc2)c1)N(C)CCOc1ccccc1.I. The molecule has 30 heavy (non-hydrogen) atoms. The van der Waals surface area contributed by atoms with Crippen LogP contribution in [0.2, 0.25) is 0 Å². The topological polar surface area (TPSA) is 54.7 Å². The minimum Gasteiger partial charge on any atom is -0.492 e. The van der Waals surface area contributed by atoms with Crippen LogP contribution in [-0.4, -0.2) is 47.2 Å². The molecule has 0 bridgehead atoms. The first-order chi connectivity index (χ1) is 14.2. The van der Waals surface area contributed by atoms with E-state index in [9.17, 15) is 0 Å². The van der Waals surface area contributed by atoms with Crippen LogP contribution in [0.5, 0.6) is 5.75 Å². The third-order valence-corrected chi connectivity index (χ3v) is 4.46. The number of ether oxygens (including phenoxy) is 1. The maximum atomic E-state index is 5.80. The summed E-state index contributed by atoms with van der Waals surface area (Å²) in [5.41, 5.74) is 2.43. The molecule has 0 aliphatic heterocycles. The van der Waals surface area contributed by atoms with Gasteiger partial charge in [-0.3, -0.25) is 0 Å². The molecular formula is C23H30IN5O. The molecule has 0 radical (unpaired) electrons. The van der Waals surface area contributed by atoms with Gasteiger partial charge in [-0.2, -0.15) is 0 Å². The molecule has 0 amide bonds. The second-order valence-electron chi connectivity index (χ2n) is 6.81. The summed E-state index contributed by atoms with van der Waals surface area (Å²) in [4.78, 5) is 11.0. The van der Waals surface area contributed by atoms with Crippen molar-refractivity contribution < 1.29 is 4.74 Å². The second-order valence-corrected chi connectivity index (χ2v) is 6.81. The number of imidazole rings is 1. The van der Waals surface area contributed by atoms with Crippen LogP contribution in [0.25, 0.3) is 0 Å². The Hall–Kier alpha value is -2.55. The van der Waals surface area contributed by atoms with Crippen LogP contribution >= 0.6 is 24.0 Å². The van der Waals surface area contributed by atoms with Gasteiger partial charge in [-0.05, 0) is 30.2 Å². The first-order valence-corrected chi connectivity index (χ1v) is 9.95. The van der Waals surface area contributed by atoms with Crippen molar-refractivity contribution in [1.29, 1.82) is 0 Å². The highest BCUT2D eigenvalue weighted by Crippen LogP contribution is 2.10. The number of aliphatic imine (C=N–C) groups is 1. The van der Waals surface area contributed by atoms with Crippen LogP contribution in [0.4, 0.5) is 0 Å². The Morgan fingerprint density at radius 2 is 1.93 bits per heavy atom. The molecule has 2 aromatic carbocycles. The number of nitrogens with one attached hydrogen (secondary N) is 1. The van der Waals surface area contributed by atoms with Gasteiger partial charge in [0.1, 0.15) is 12.4 Å². The van der Waals surface area contributed by atoms with Crippen LogP contribution in [0.3, 0.4) is 0 Å². The van der Waals surface area contributed by atoms with Gasteiger partial charge in [0.25, 0.3) is 0 Å². The maximum absolute atomic E-state index is 5.80. The molecule has 3 aromatic rings. The molecule has 0 aliphatic carbocycles. The monoisotopic (exact) mass is 519 g/mol. The molecule has 6 nitrogen and oxygen atoms in total. The van der Waals surface area contributed by atoms with E-state index in [1.54, 1.807) is 6.20 Å². The standard InChI is InChI=1S/C23H29N5O.HI/c1-3-25-23(27(2)14-15-29-22-10-5-4-6-11-22)26-17-20-8-7-9-21(16-20)18-28-13-12-24-19-28;/h4-13,16,19H,3,14-15,17-18H2,1-2H3,(H,25,26);1H. The fourth-order valence-corrected chi connectivity index (χ4v) is 2.98. The van der Waals surface area contributed by atoms with E-state index in [0.717, 1.165) is 31.3 Å². The lowest BCUT2D eigenvalue weighted by Gasteiger charge is -2.22. The van der Waals surface area contributed by atoms with E-state index in [2.05, 4.69) is 51.0 Å². The van der Waals surface area contributed by atoms with E-state index < -0.39 is 0 Å². The summed E-state index contributed by atoms with van der Waals surface area (Å²) in [5, 5.41) is 3.36. The molecule has 1 N–H and O–H groups in total. The molecule has 1 heterocycles. The maximum Gasteiger partial charge on any atom is 0.194 e. The summed E-state index contributed by atoms with van der Waals surface area (Å²) < 4.78 is 7.86. The number of nitrogens with zero attached hydrogens (tertiary/aromatic N) is 4. The third-order valence-electron chi connectivity index (χ3n) is 4.46. The summed E-state index contributed by atoms with van der Waals surface area (Å²) in [6.45, 7) is 5.70. The number of benzene rings is 2. The normalized spacial score (nSPS) is 10.9. The van der Waals surface area contributed by atoms with E-state index in [4.69, 9.17) is 9.73 Å². The van der Waals surface area contributed by atoms with Crippen molar-refractivity contribution in [2.75, 3.05) is 26.7 Å². The Kier molecular flexibility index (Phi) is 10.2. The van der Waals surface area contributed by atoms with Crippen molar-refractivity contribution in [1.82, 2.24) is 19.8 Å². The summed E-state index contributed by atoms with van der Waals surface area (Å²) in [7, 11) is 2.03. The summed E-state index contributed by atoms with van der Waals surface area (Å²) >= 11 is 0. The molecular weight excluding hydrogens is 489 g/mol. The largest absolute Gasteiger partial charge is 0.492 e. The van der Waals surface area contributed by atoms with Gasteiger partial charge in [-0.1, -0.05) is 42.5 Å². The molecule has 7 heteroatoms. The van der Waals surface area contributed by atoms with Gasteiger partial charge < -0.3 is 19.5 Å². The molecule has 0 spiro atoms. The van der Waals surface area contributed by atoms with E-state index in [-0.39, 0.29) is 24.0 Å². The Balaban J connectivity index is 0.00000320. The first kappa shape index (κ1) is 23.7. The van der Waals surface area contributed by atoms with Crippen LogP contribution < -0.4 is 10.1 Å². The molecule has 3 rings (SSSR count). The van der Waals surface area contributed by atoms with Gasteiger partial charge in [0, 0.05) is 32.5 Å². The lowest BCUT2D eigenvalue weighted by molar-refractivity contribution is 0.281. The van der Waals surface area contributed by atoms with Crippen LogP contribution in [-0.2, 0) is 13.1 Å². The zero-order valence-corrected chi connectivity index (χ0v) is 19.9. The lowest BCUT2D eigenvalue weighted by Crippen LogP contribution is -2.40. The third kappa shape index (κ3) is 7.70. The van der Waals surface area contributed by atoms with E-state index in [1.165, 1.54) is 11.1 Å². The number of halogens is 1. The number of likely N-dealkylation sites (N-methyl/N-ethyl adjacent to an activating group) is 1. The predicted molar refractivity (Wildman–Crippen MR) is 133 cm³/mol. The van der Waals surface area contributed by atoms with Gasteiger partial charge in [0.2, 0.25) is 0 Å². The first-order valence-electron chi connectivity index (χ1n) is 9.95. The minimum atomic E-state index is 0. The van der Waals surface area contributed by atoms with Crippen molar-refractivity contribution >= 4 is 29.9 Å². The smallest absolute Gasteiger partial charge is 0.194 e. The number of rotatable bonds is 9. The van der Waals surface area contributed by atoms with Crippen LogP contribution in [0, 0.1) is 0 Å². The Morgan fingerprint density at radius 3 is 2.67 bits per heavy atom. The lowest BCUT2D eigenvalue weighted by atomic mass is 10.1. The molecule has 0 saturated heterocycles. The Bertz CT molecular complexity index is 884. The van der Waals surface area contributed by atoms with Crippen molar-refractivity contribution in [2.45, 2.75) is 20.0 Å². The number of hydrogen-bond donors (Lipinski definition) is 1. The summed E-state index contributed by atoms with van der Waals surface area (Å²) in [5.74, 6) is 1.77. The molecule has 0 atom stereocenters. The number of aromatic nitrogens is 2. The van der Waals surface area contributed by atoms with Crippen LogP contribution in [0.15, 0.2) is 78.3 Å². The fourth-order valence-electron chi connectivity index (χ4n) is 2.98. The van der Waals surface area contributed by atoms with Gasteiger partial charge in [-0.15, -0.1) is 24.0 Å². The van der Waals surface area contributed by atoms with Gasteiger partial charge in [-0.25, -0.2) is 9.98 Å². The molecule has 0 unspecified atom stereocenters. The molecule has 0 fully saturated rings. The highest BCUT2D eigenvalue weighted by molar-refractivity contribution is 14.0. The van der Waals surface area contributed by atoms with Gasteiger partial charge in [0.15, 0.2) is 5.96 Å². The van der Waals surface area contributed by atoms with E-state index in [0.29, 0.717) is 13.2 Å². The number of para-hydroxylation sites is 1. The van der Waals surface area contributed by atoms with E-state index >= 15 is 0 Å². The van der Waals surface area contributed by atoms with Crippen molar-refractivity contribution in [3.05, 3.63) is 84.4 Å². The molecule has 0 saturated carbocycles. The zero-order valence-electron chi connectivity index (χ0n) is 17.6. The van der Waals surface area contributed by atoms with Crippen molar-refractivity contribution in [3.63, 3.8) is 0 Å². The average molecular weight is 519 g/mol. The molecule has 160 valence electrons. The second kappa shape index (κ2) is 12.9. The molecule has 1 aromatic heterocycles. The van der Waals surface area contributed by atoms with Gasteiger partial charge in [0.05, 0.1) is 19.4 Å². The Morgan fingerprint density at radius 1 is 1.13 bits per heavy atom. The summed E-state index contributed by atoms with van der Waals surface area (Å²) in [6.07, 6.45) is 5.61.